The highest BCUT2D eigenvalue weighted by molar-refractivity contribution is 6.39. The van der Waals surface area contributed by atoms with E-state index in [0.717, 1.165) is 12.0 Å². The number of methoxy groups -OCH3 is 3. The minimum absolute atomic E-state index is 0.0193. The average Bonchev–Trinajstić information content (AvgIpc) is 3.28. The normalized spacial score (nSPS) is 39.1. The van der Waals surface area contributed by atoms with E-state index in [-0.39, 0.29) is 54.8 Å². The predicted octanol–water partition coefficient (Wildman–Crippen LogP) is 6.18. The van der Waals surface area contributed by atoms with Crippen molar-refractivity contribution in [2.45, 2.75) is 180 Å². The minimum atomic E-state index is -2.43. The lowest BCUT2D eigenvalue weighted by molar-refractivity contribution is -0.265. The fraction of sp³-hybridized carbons (Fsp3) is 0.745. The predicted molar refractivity (Wildman–Crippen MR) is 245 cm³/mol. The van der Waals surface area contributed by atoms with Crippen LogP contribution in [0.1, 0.15) is 126 Å². The number of nitrogens with zero attached hydrogens (tertiary/aromatic N) is 1. The molecule has 3 heterocycles. The minimum Gasteiger partial charge on any atom is -0.460 e. The topological polar surface area (TPSA) is 195 Å². The van der Waals surface area contributed by atoms with Crippen LogP contribution in [-0.4, -0.2) is 132 Å². The van der Waals surface area contributed by atoms with Gasteiger partial charge in [0.05, 0.1) is 24.4 Å². The van der Waals surface area contributed by atoms with Gasteiger partial charge < -0.3 is 43.9 Å². The molecule has 2 bridgehead atoms. The number of esters is 1. The van der Waals surface area contributed by atoms with E-state index in [9.17, 15) is 39.3 Å². The first-order valence-electron chi connectivity index (χ1n) is 23.9. The van der Waals surface area contributed by atoms with Crippen molar-refractivity contribution in [3.8, 4) is 0 Å². The van der Waals surface area contributed by atoms with Crippen LogP contribution in [0.15, 0.2) is 47.6 Å². The Hall–Kier alpha value is -3.37. The third-order valence-electron chi connectivity index (χ3n) is 14.5. The molecule has 4 aliphatic rings. The molecule has 366 valence electrons. The number of hydrogen-bond acceptors (Lipinski definition) is 13. The van der Waals surface area contributed by atoms with E-state index in [1.165, 1.54) is 12.0 Å². The highest BCUT2D eigenvalue weighted by atomic mass is 16.6. The molecule has 4 rings (SSSR count). The summed E-state index contributed by atoms with van der Waals surface area (Å²) in [5, 5.41) is 33.8. The Morgan fingerprint density at radius 1 is 0.846 bits per heavy atom. The summed E-state index contributed by atoms with van der Waals surface area (Å²) in [5.41, 5.74) is 1.27. The molecule has 0 aromatic heterocycles. The molecular formula is C51H79NO13. The number of ketones is 3. The molecular weight excluding hydrogens is 835 g/mol. The van der Waals surface area contributed by atoms with Crippen LogP contribution in [0.5, 0.6) is 0 Å². The molecule has 2 saturated heterocycles. The summed E-state index contributed by atoms with van der Waals surface area (Å²) in [6, 6.07) is -1.14. The quantitative estimate of drug-likeness (QED) is 0.156. The number of allylic oxidation sites excluding steroid dienone is 6. The molecule has 0 aromatic rings. The summed E-state index contributed by atoms with van der Waals surface area (Å²) in [4.78, 5) is 71.8. The van der Waals surface area contributed by atoms with Gasteiger partial charge in [-0.3, -0.25) is 19.2 Å². The molecule has 1 saturated carbocycles. The monoisotopic (exact) mass is 914 g/mol. The number of ether oxygens (including phenoxy) is 5. The number of carbonyl (C=O) groups is 5. The molecule has 0 aromatic carbocycles. The van der Waals surface area contributed by atoms with Crippen LogP contribution in [0.25, 0.3) is 0 Å². The molecule has 3 aliphatic heterocycles. The summed E-state index contributed by atoms with van der Waals surface area (Å²) >= 11 is 0. The van der Waals surface area contributed by atoms with Crippen molar-refractivity contribution < 1.29 is 63.0 Å². The zero-order valence-electron chi connectivity index (χ0n) is 40.6. The van der Waals surface area contributed by atoms with E-state index in [2.05, 4.69) is 0 Å². The summed E-state index contributed by atoms with van der Waals surface area (Å²) in [6.07, 6.45) is 11.2. The van der Waals surface area contributed by atoms with Gasteiger partial charge in [0.15, 0.2) is 5.78 Å². The average molecular weight is 914 g/mol. The summed E-state index contributed by atoms with van der Waals surface area (Å²) < 4.78 is 29.4. The first-order valence-corrected chi connectivity index (χ1v) is 23.9. The maximum absolute atomic E-state index is 14.4. The lowest BCUT2D eigenvalue weighted by Crippen LogP contribution is -2.61. The highest BCUT2D eigenvalue weighted by Gasteiger charge is 2.53. The van der Waals surface area contributed by atoms with Gasteiger partial charge in [-0.1, -0.05) is 71.1 Å². The summed E-state index contributed by atoms with van der Waals surface area (Å²) in [5.74, 6) is -7.96. The van der Waals surface area contributed by atoms with Gasteiger partial charge in [-0.15, -0.1) is 0 Å². The van der Waals surface area contributed by atoms with Gasteiger partial charge in [-0.05, 0) is 107 Å². The molecule has 1 amide bonds. The highest BCUT2D eigenvalue weighted by Crippen LogP contribution is 2.38. The van der Waals surface area contributed by atoms with E-state index >= 15 is 0 Å². The number of rotatable bonds is 6. The molecule has 65 heavy (non-hydrogen) atoms. The van der Waals surface area contributed by atoms with Crippen LogP contribution in [0.3, 0.4) is 0 Å². The fourth-order valence-corrected chi connectivity index (χ4v) is 10.1. The van der Waals surface area contributed by atoms with E-state index in [1.807, 2.05) is 58.1 Å². The van der Waals surface area contributed by atoms with Crippen molar-refractivity contribution in [1.82, 2.24) is 4.90 Å². The largest absolute Gasteiger partial charge is 0.460 e. The van der Waals surface area contributed by atoms with Crippen LogP contribution >= 0.6 is 0 Å². The number of Topliss-reactive ketones (excluding diaryl/α,β-unsaturated/α-hetero) is 3. The van der Waals surface area contributed by atoms with Crippen molar-refractivity contribution in [3.63, 3.8) is 0 Å². The second kappa shape index (κ2) is 25.1. The smallest absolute Gasteiger partial charge is 0.329 e. The van der Waals surface area contributed by atoms with Gasteiger partial charge in [-0.25, -0.2) is 4.79 Å². The molecule has 0 radical (unpaired) electrons. The Bertz CT molecular complexity index is 1760. The van der Waals surface area contributed by atoms with E-state index < -0.39 is 83.9 Å². The third-order valence-corrected chi connectivity index (χ3v) is 14.5. The molecule has 0 spiro atoms. The van der Waals surface area contributed by atoms with Gasteiger partial charge >= 0.3 is 5.97 Å². The van der Waals surface area contributed by atoms with Crippen molar-refractivity contribution in [2.24, 2.45) is 35.5 Å². The molecule has 1 aliphatic carbocycles. The fourth-order valence-electron chi connectivity index (χ4n) is 10.1. The van der Waals surface area contributed by atoms with Gasteiger partial charge in [-0.2, -0.15) is 0 Å². The molecule has 14 heteroatoms. The number of cyclic esters (lactones) is 1. The van der Waals surface area contributed by atoms with Crippen LogP contribution < -0.4 is 0 Å². The van der Waals surface area contributed by atoms with Crippen molar-refractivity contribution >= 4 is 29.2 Å². The standard InChI is InChI=1S/C51H79NO13/c1-30-16-12-11-13-17-31(2)42(61-8)28-38-21-19-36(7)51(60,65-38)48(57)49(58)52-23-15-14-18-39(52)50(59)64-43(33(4)26-37-20-22-40(53)44(27-37)62-9)29-41(54)32(3)25-35(6)46(56)47(63-10)45(55)34(5)24-30/h11-13,16-17,25,30,32-34,36-40,42-44,46-47,53,56,60H,14-15,18-24,26-29H2,1-10H3/b13-11?,16-12+,31-17?,35-25-/t30?,32?,33?,34-,36?,37?,38?,39?,40?,42?,43?,44?,46?,47?,51?/m0/s1. The van der Waals surface area contributed by atoms with Gasteiger partial charge in [0.2, 0.25) is 5.79 Å². The Balaban J connectivity index is 1.70. The lowest BCUT2D eigenvalue weighted by Gasteiger charge is -2.42. The Labute approximate surface area is 387 Å². The number of hydrogen-bond donors (Lipinski definition) is 3. The van der Waals surface area contributed by atoms with Crippen molar-refractivity contribution in [3.05, 3.63) is 47.6 Å². The molecule has 15 atom stereocenters. The summed E-state index contributed by atoms with van der Waals surface area (Å²) in [7, 11) is 4.52. The van der Waals surface area contributed by atoms with Crippen LogP contribution in [-0.2, 0) is 47.7 Å². The van der Waals surface area contributed by atoms with Crippen molar-refractivity contribution in [1.29, 1.82) is 0 Å². The molecule has 3 N–H and O–H groups in total. The summed E-state index contributed by atoms with van der Waals surface area (Å²) in [6.45, 7) is 12.7. The number of amides is 1. The van der Waals surface area contributed by atoms with Crippen LogP contribution in [0.4, 0.5) is 0 Å². The maximum atomic E-state index is 14.4. The second-order valence-electron chi connectivity index (χ2n) is 19.6. The first-order chi connectivity index (χ1) is 30.7. The molecule has 3 fully saturated rings. The number of aliphatic hydroxyl groups is 3. The lowest BCUT2D eigenvalue weighted by atomic mass is 9.78. The van der Waals surface area contributed by atoms with E-state index in [4.69, 9.17) is 23.7 Å². The Kier molecular flexibility index (Phi) is 21.0. The van der Waals surface area contributed by atoms with E-state index in [1.54, 1.807) is 41.1 Å². The van der Waals surface area contributed by atoms with Gasteiger partial charge in [0.25, 0.3) is 11.7 Å². The zero-order chi connectivity index (χ0) is 48.2. The van der Waals surface area contributed by atoms with Crippen LogP contribution in [0, 0.1) is 35.5 Å². The number of aliphatic hydroxyl groups excluding tert-OH is 2. The number of piperidine rings is 1. The number of carbonyl (C=O) groups excluding carboxylic acids is 5. The molecule has 14 nitrogen and oxygen atoms in total. The Morgan fingerprint density at radius 2 is 1.57 bits per heavy atom. The van der Waals surface area contributed by atoms with Crippen LogP contribution in [0.2, 0.25) is 0 Å². The van der Waals surface area contributed by atoms with Crippen molar-refractivity contribution in [2.75, 3.05) is 27.9 Å². The first kappa shape index (κ1) is 54.2. The number of fused-ring (bicyclic) bond motifs is 3. The second-order valence-corrected chi connectivity index (χ2v) is 19.6. The van der Waals surface area contributed by atoms with Gasteiger partial charge in [0.1, 0.15) is 30.1 Å². The zero-order valence-corrected chi connectivity index (χ0v) is 40.6. The SMILES string of the molecule is COC1CC2CCC(C)C(O)(O2)C(=O)C(=O)N2CCCCC2C(=O)OC(C(C)CC2CCC(O)C(OC)C2)CC(=O)C(C)/C=C(/C)C(O)C(OC)C(=O)[C@@H](C)CC(C)/C=C/C=CC=C1C. The Morgan fingerprint density at radius 3 is 2.25 bits per heavy atom. The molecule has 14 unspecified atom stereocenters. The van der Waals surface area contributed by atoms with Gasteiger partial charge in [0, 0.05) is 58.5 Å². The maximum Gasteiger partial charge on any atom is 0.329 e. The third kappa shape index (κ3) is 14.3. The van der Waals surface area contributed by atoms with E-state index in [0.29, 0.717) is 63.4 Å².